The lowest BCUT2D eigenvalue weighted by Gasteiger charge is -2.14. The third-order valence-electron chi connectivity index (χ3n) is 2.93. The summed E-state index contributed by atoms with van der Waals surface area (Å²) < 4.78 is 4.56. The van der Waals surface area contributed by atoms with Crippen LogP contribution in [-0.4, -0.2) is 31.2 Å². The van der Waals surface area contributed by atoms with Crippen molar-refractivity contribution < 1.29 is 14.3 Å². The molecular formula is C12H20N2O3. The lowest BCUT2D eigenvalue weighted by molar-refractivity contribution is -0.140. The average molecular weight is 240 g/mol. The molecule has 0 aromatic carbocycles. The highest BCUT2D eigenvalue weighted by molar-refractivity contribution is 5.77. The first kappa shape index (κ1) is 13.5. The molecule has 5 nitrogen and oxygen atoms in total. The van der Waals surface area contributed by atoms with E-state index in [1.165, 1.54) is 7.11 Å². The van der Waals surface area contributed by atoms with E-state index in [0.29, 0.717) is 6.42 Å². The molecule has 2 amide bonds. The summed E-state index contributed by atoms with van der Waals surface area (Å²) in [4.78, 5) is 22.0. The number of unbranched alkanes of at least 4 members (excludes halogenated alkanes) is 2. The maximum Gasteiger partial charge on any atom is 0.315 e. The van der Waals surface area contributed by atoms with Gasteiger partial charge in [0.1, 0.15) is 0 Å². The minimum Gasteiger partial charge on any atom is -0.469 e. The van der Waals surface area contributed by atoms with Gasteiger partial charge in [0.15, 0.2) is 0 Å². The van der Waals surface area contributed by atoms with Gasteiger partial charge in [-0.1, -0.05) is 18.9 Å². The maximum absolute atomic E-state index is 11.1. The van der Waals surface area contributed by atoms with Crippen LogP contribution in [-0.2, 0) is 9.53 Å². The van der Waals surface area contributed by atoms with E-state index < -0.39 is 0 Å². The molecule has 0 radical (unpaired) electrons. The molecule has 1 aliphatic heterocycles. The van der Waals surface area contributed by atoms with Gasteiger partial charge in [-0.2, -0.15) is 0 Å². The van der Waals surface area contributed by atoms with E-state index >= 15 is 0 Å². The molecule has 2 atom stereocenters. The first-order valence-corrected chi connectivity index (χ1v) is 5.93. The van der Waals surface area contributed by atoms with Gasteiger partial charge in [0.2, 0.25) is 0 Å². The van der Waals surface area contributed by atoms with Crippen LogP contribution in [0.5, 0.6) is 0 Å². The zero-order valence-electron chi connectivity index (χ0n) is 10.2. The van der Waals surface area contributed by atoms with Crippen LogP contribution in [0.4, 0.5) is 4.79 Å². The fraction of sp³-hybridized carbons (Fsp3) is 0.667. The second kappa shape index (κ2) is 6.93. The van der Waals surface area contributed by atoms with E-state index in [0.717, 1.165) is 25.7 Å². The third-order valence-corrected chi connectivity index (χ3v) is 2.93. The molecule has 1 heterocycles. The number of ether oxygens (including phenoxy) is 1. The van der Waals surface area contributed by atoms with Crippen molar-refractivity contribution in [3.63, 3.8) is 0 Å². The number of nitrogens with one attached hydrogen (secondary N) is 2. The summed E-state index contributed by atoms with van der Waals surface area (Å²) in [6.45, 7) is 3.69. The Morgan fingerprint density at radius 3 is 2.82 bits per heavy atom. The summed E-state index contributed by atoms with van der Waals surface area (Å²) >= 11 is 0. The Kier molecular flexibility index (Phi) is 5.52. The molecule has 0 bridgehead atoms. The monoisotopic (exact) mass is 240 g/mol. The standard InChI is InChI=1S/C12H20N2O3/c1-3-9-10(14-12(16)13-9)7-5-4-6-8-11(15)17-2/h3,9-10H,1,4-8H2,2H3,(H2,13,14,16). The van der Waals surface area contributed by atoms with Crippen LogP contribution >= 0.6 is 0 Å². The molecule has 2 unspecified atom stereocenters. The van der Waals surface area contributed by atoms with Crippen molar-refractivity contribution in [3.05, 3.63) is 12.7 Å². The Bertz CT molecular complexity index is 291. The van der Waals surface area contributed by atoms with Gasteiger partial charge in [0.25, 0.3) is 0 Å². The molecule has 0 aliphatic carbocycles. The van der Waals surface area contributed by atoms with Gasteiger partial charge in [0, 0.05) is 6.42 Å². The highest BCUT2D eigenvalue weighted by Gasteiger charge is 2.28. The molecule has 1 fully saturated rings. The number of amides is 2. The van der Waals surface area contributed by atoms with E-state index in [4.69, 9.17) is 0 Å². The highest BCUT2D eigenvalue weighted by atomic mass is 16.5. The van der Waals surface area contributed by atoms with Crippen molar-refractivity contribution in [2.75, 3.05) is 7.11 Å². The molecule has 1 saturated heterocycles. The van der Waals surface area contributed by atoms with Crippen LogP contribution in [0, 0.1) is 0 Å². The first-order valence-electron chi connectivity index (χ1n) is 5.93. The van der Waals surface area contributed by atoms with Crippen molar-refractivity contribution in [3.8, 4) is 0 Å². The number of urea groups is 1. The van der Waals surface area contributed by atoms with Crippen LogP contribution in [0.3, 0.4) is 0 Å². The number of carbonyl (C=O) groups is 2. The number of methoxy groups -OCH3 is 1. The predicted octanol–water partition coefficient (Wildman–Crippen LogP) is 1.35. The Balaban J connectivity index is 2.12. The topological polar surface area (TPSA) is 67.4 Å². The molecule has 2 N–H and O–H groups in total. The molecule has 1 rings (SSSR count). The number of hydrogen-bond donors (Lipinski definition) is 2. The van der Waals surface area contributed by atoms with Crippen LogP contribution in [0.1, 0.15) is 32.1 Å². The molecule has 0 aromatic rings. The summed E-state index contributed by atoms with van der Waals surface area (Å²) in [6.07, 6.45) is 5.89. The minimum absolute atomic E-state index is 0.0168. The summed E-state index contributed by atoms with van der Waals surface area (Å²) in [5.41, 5.74) is 0. The number of carbonyl (C=O) groups excluding carboxylic acids is 2. The van der Waals surface area contributed by atoms with Crippen molar-refractivity contribution in [2.24, 2.45) is 0 Å². The Hall–Kier alpha value is -1.52. The largest absolute Gasteiger partial charge is 0.469 e. The van der Waals surface area contributed by atoms with Crippen LogP contribution < -0.4 is 10.6 Å². The van der Waals surface area contributed by atoms with Crippen LogP contribution in [0.25, 0.3) is 0 Å². The summed E-state index contributed by atoms with van der Waals surface area (Å²) in [5, 5.41) is 5.63. The van der Waals surface area contributed by atoms with E-state index in [-0.39, 0.29) is 24.1 Å². The number of rotatable bonds is 7. The molecular weight excluding hydrogens is 220 g/mol. The van der Waals surface area contributed by atoms with E-state index in [1.54, 1.807) is 6.08 Å². The smallest absolute Gasteiger partial charge is 0.315 e. The Morgan fingerprint density at radius 2 is 2.18 bits per heavy atom. The van der Waals surface area contributed by atoms with Gasteiger partial charge < -0.3 is 15.4 Å². The van der Waals surface area contributed by atoms with E-state index in [9.17, 15) is 9.59 Å². The van der Waals surface area contributed by atoms with Gasteiger partial charge in [-0.3, -0.25) is 4.79 Å². The number of esters is 1. The highest BCUT2D eigenvalue weighted by Crippen LogP contribution is 2.12. The molecule has 1 aliphatic rings. The lowest BCUT2D eigenvalue weighted by Crippen LogP contribution is -2.31. The molecule has 17 heavy (non-hydrogen) atoms. The predicted molar refractivity (Wildman–Crippen MR) is 64.5 cm³/mol. The average Bonchev–Trinajstić information content (AvgIpc) is 2.69. The SMILES string of the molecule is C=CC1NC(=O)NC1CCCCCC(=O)OC. The second-order valence-electron chi connectivity index (χ2n) is 4.16. The van der Waals surface area contributed by atoms with Crippen molar-refractivity contribution in [2.45, 2.75) is 44.2 Å². The van der Waals surface area contributed by atoms with Gasteiger partial charge in [0.05, 0.1) is 19.2 Å². The minimum atomic E-state index is -0.162. The second-order valence-corrected chi connectivity index (χ2v) is 4.16. The lowest BCUT2D eigenvalue weighted by atomic mass is 10.0. The van der Waals surface area contributed by atoms with Crippen LogP contribution in [0.15, 0.2) is 12.7 Å². The normalized spacial score (nSPS) is 22.8. The van der Waals surface area contributed by atoms with Gasteiger partial charge in [-0.05, 0) is 12.8 Å². The van der Waals surface area contributed by atoms with Gasteiger partial charge >= 0.3 is 12.0 Å². The zero-order chi connectivity index (χ0) is 12.7. The molecule has 0 spiro atoms. The Morgan fingerprint density at radius 1 is 1.41 bits per heavy atom. The summed E-state index contributed by atoms with van der Waals surface area (Å²) in [7, 11) is 1.40. The van der Waals surface area contributed by atoms with Crippen molar-refractivity contribution in [1.29, 1.82) is 0 Å². The van der Waals surface area contributed by atoms with E-state index in [1.807, 2.05) is 0 Å². The third kappa shape index (κ3) is 4.46. The number of hydrogen-bond acceptors (Lipinski definition) is 3. The summed E-state index contributed by atoms with van der Waals surface area (Å²) in [6, 6.07) is 0.00990. The maximum atomic E-state index is 11.1. The first-order chi connectivity index (χ1) is 8.17. The summed E-state index contributed by atoms with van der Waals surface area (Å²) in [5.74, 6) is -0.162. The quantitative estimate of drug-likeness (QED) is 0.401. The Labute approximate surface area is 102 Å². The van der Waals surface area contributed by atoms with Crippen molar-refractivity contribution in [1.82, 2.24) is 10.6 Å². The zero-order valence-corrected chi connectivity index (χ0v) is 10.2. The van der Waals surface area contributed by atoms with Gasteiger partial charge in [-0.25, -0.2) is 4.79 Å². The van der Waals surface area contributed by atoms with Crippen molar-refractivity contribution >= 4 is 12.0 Å². The van der Waals surface area contributed by atoms with E-state index in [2.05, 4.69) is 21.9 Å². The van der Waals surface area contributed by atoms with Crippen LogP contribution in [0.2, 0.25) is 0 Å². The fourth-order valence-corrected chi connectivity index (χ4v) is 1.94. The molecule has 0 aromatic heterocycles. The van der Waals surface area contributed by atoms with Gasteiger partial charge in [-0.15, -0.1) is 6.58 Å². The molecule has 5 heteroatoms. The molecule has 96 valence electrons. The fourth-order valence-electron chi connectivity index (χ4n) is 1.94. The molecule has 0 saturated carbocycles.